The molecule has 1 N–H and O–H groups in total. The second kappa shape index (κ2) is 8.82. The monoisotopic (exact) mass is 326 g/mol. The molecule has 2 aromatic rings. The van der Waals surface area contributed by atoms with Crippen LogP contribution in [0.15, 0.2) is 54.7 Å². The van der Waals surface area contributed by atoms with Gasteiger partial charge in [0.1, 0.15) is 0 Å². The maximum absolute atomic E-state index is 12.0. The molecule has 1 unspecified atom stereocenters. The first-order valence-electron chi connectivity index (χ1n) is 7.99. The molecule has 0 bridgehead atoms. The van der Waals surface area contributed by atoms with Gasteiger partial charge in [0.25, 0.3) is 0 Å². The molecule has 0 spiro atoms. The van der Waals surface area contributed by atoms with Crippen LogP contribution in [0, 0.1) is 0 Å². The zero-order valence-corrected chi connectivity index (χ0v) is 13.8. The zero-order valence-electron chi connectivity index (χ0n) is 13.8. The van der Waals surface area contributed by atoms with Crippen molar-refractivity contribution in [1.29, 1.82) is 0 Å². The molecule has 0 saturated heterocycles. The minimum absolute atomic E-state index is 0.0332. The summed E-state index contributed by atoms with van der Waals surface area (Å²) in [4.78, 5) is 28.6. The number of aromatic nitrogens is 1. The number of aliphatic carboxylic acids is 1. The second-order valence-electron chi connectivity index (χ2n) is 5.72. The van der Waals surface area contributed by atoms with E-state index in [4.69, 9.17) is 5.11 Å². The Morgan fingerprint density at radius 2 is 1.79 bits per heavy atom. The van der Waals surface area contributed by atoms with Gasteiger partial charge in [-0.3, -0.25) is 14.6 Å². The Kier molecular flexibility index (Phi) is 6.49. The molecule has 0 fully saturated rings. The fraction of sp³-hybridized carbons (Fsp3) is 0.316. The third kappa shape index (κ3) is 5.19. The van der Waals surface area contributed by atoms with E-state index in [1.807, 2.05) is 36.4 Å². The molecular formula is C19H22N2O3. The normalized spacial score (nSPS) is 11.7. The van der Waals surface area contributed by atoms with E-state index in [1.165, 1.54) is 0 Å². The van der Waals surface area contributed by atoms with Crippen molar-refractivity contribution in [2.45, 2.75) is 25.2 Å². The van der Waals surface area contributed by atoms with Gasteiger partial charge in [0.2, 0.25) is 5.91 Å². The van der Waals surface area contributed by atoms with Crippen molar-refractivity contribution in [3.63, 3.8) is 0 Å². The van der Waals surface area contributed by atoms with E-state index in [-0.39, 0.29) is 24.7 Å². The lowest BCUT2D eigenvalue weighted by atomic mass is 9.92. The fourth-order valence-corrected chi connectivity index (χ4v) is 2.60. The topological polar surface area (TPSA) is 70.5 Å². The maximum atomic E-state index is 12.0. The third-order valence-corrected chi connectivity index (χ3v) is 3.98. The summed E-state index contributed by atoms with van der Waals surface area (Å²) in [5.74, 6) is -1.00. The molecule has 0 radical (unpaired) electrons. The lowest BCUT2D eigenvalue weighted by Gasteiger charge is -2.22. The summed E-state index contributed by atoms with van der Waals surface area (Å²) < 4.78 is 0. The van der Waals surface area contributed by atoms with E-state index in [1.54, 1.807) is 18.1 Å². The van der Waals surface area contributed by atoms with Gasteiger partial charge in [-0.25, -0.2) is 0 Å². The molecule has 2 rings (SSSR count). The molecule has 1 atom stereocenters. The lowest BCUT2D eigenvalue weighted by molar-refractivity contribution is -0.140. The van der Waals surface area contributed by atoms with Gasteiger partial charge >= 0.3 is 5.97 Å². The number of hydrogen-bond donors (Lipinski definition) is 1. The van der Waals surface area contributed by atoms with Crippen molar-refractivity contribution in [2.75, 3.05) is 13.6 Å². The highest BCUT2D eigenvalue weighted by atomic mass is 16.4. The average Bonchev–Trinajstić information content (AvgIpc) is 2.61. The summed E-state index contributed by atoms with van der Waals surface area (Å²) in [6, 6.07) is 15.9. The van der Waals surface area contributed by atoms with Gasteiger partial charge in [0, 0.05) is 37.8 Å². The van der Waals surface area contributed by atoms with E-state index < -0.39 is 5.97 Å². The summed E-state index contributed by atoms with van der Waals surface area (Å²) in [5.41, 5.74) is 2.12. The van der Waals surface area contributed by atoms with Crippen LogP contribution >= 0.6 is 0 Å². The van der Waals surface area contributed by atoms with Crippen molar-refractivity contribution >= 4 is 11.9 Å². The minimum Gasteiger partial charge on any atom is -0.481 e. The molecule has 1 aromatic carbocycles. The van der Waals surface area contributed by atoms with Crippen molar-refractivity contribution < 1.29 is 14.7 Å². The number of carbonyl (C=O) groups excluding carboxylic acids is 1. The summed E-state index contributed by atoms with van der Waals surface area (Å²) >= 11 is 0. The molecule has 1 heterocycles. The van der Waals surface area contributed by atoms with Crippen LogP contribution in [-0.4, -0.2) is 40.5 Å². The molecule has 0 saturated carbocycles. The molecular weight excluding hydrogens is 304 g/mol. The maximum Gasteiger partial charge on any atom is 0.303 e. The molecule has 0 aliphatic heterocycles. The van der Waals surface area contributed by atoms with Gasteiger partial charge in [0.15, 0.2) is 0 Å². The number of rotatable bonds is 8. The van der Waals surface area contributed by atoms with Crippen LogP contribution in [0.1, 0.15) is 36.4 Å². The van der Waals surface area contributed by atoms with Crippen molar-refractivity contribution in [2.24, 2.45) is 0 Å². The standard InChI is InChI=1S/C19H22N2O3/c1-21(18(22)10-11-19(23)24)14-12-16(15-7-3-2-4-8-15)17-9-5-6-13-20-17/h2-9,13,16H,10-12,14H2,1H3,(H,23,24). The van der Waals surface area contributed by atoms with E-state index >= 15 is 0 Å². The van der Waals surface area contributed by atoms with E-state index in [0.717, 1.165) is 17.7 Å². The summed E-state index contributed by atoms with van der Waals surface area (Å²) in [6.07, 6.45) is 2.40. The van der Waals surface area contributed by atoms with E-state index in [9.17, 15) is 9.59 Å². The Hall–Kier alpha value is -2.69. The summed E-state index contributed by atoms with van der Waals surface area (Å²) in [7, 11) is 1.71. The Morgan fingerprint density at radius 3 is 2.42 bits per heavy atom. The van der Waals surface area contributed by atoms with Gasteiger partial charge in [-0.1, -0.05) is 36.4 Å². The highest BCUT2D eigenvalue weighted by Gasteiger charge is 2.18. The number of carbonyl (C=O) groups is 2. The molecule has 1 aromatic heterocycles. The van der Waals surface area contributed by atoms with Crippen molar-refractivity contribution in [3.05, 3.63) is 66.0 Å². The van der Waals surface area contributed by atoms with Crippen molar-refractivity contribution in [3.8, 4) is 0 Å². The fourth-order valence-electron chi connectivity index (χ4n) is 2.60. The van der Waals surface area contributed by atoms with Crippen LogP contribution in [0.5, 0.6) is 0 Å². The second-order valence-corrected chi connectivity index (χ2v) is 5.72. The Bertz CT molecular complexity index is 619. The van der Waals surface area contributed by atoms with E-state index in [2.05, 4.69) is 17.1 Å². The molecule has 5 heteroatoms. The molecule has 24 heavy (non-hydrogen) atoms. The van der Waals surface area contributed by atoms with Gasteiger partial charge in [-0.2, -0.15) is 0 Å². The minimum atomic E-state index is -0.951. The smallest absolute Gasteiger partial charge is 0.303 e. The van der Waals surface area contributed by atoms with Crippen LogP contribution < -0.4 is 0 Å². The predicted octanol–water partition coefficient (Wildman–Crippen LogP) is 2.93. The van der Waals surface area contributed by atoms with Crippen LogP contribution in [-0.2, 0) is 9.59 Å². The number of pyridine rings is 1. The molecule has 126 valence electrons. The predicted molar refractivity (Wildman–Crippen MR) is 91.6 cm³/mol. The molecule has 0 aliphatic rings. The number of amides is 1. The largest absolute Gasteiger partial charge is 0.481 e. The quantitative estimate of drug-likeness (QED) is 0.810. The Morgan fingerprint density at radius 1 is 1.08 bits per heavy atom. The zero-order chi connectivity index (χ0) is 17.4. The Balaban J connectivity index is 2.04. The highest BCUT2D eigenvalue weighted by Crippen LogP contribution is 2.26. The van der Waals surface area contributed by atoms with Crippen LogP contribution in [0.4, 0.5) is 0 Å². The number of carboxylic acids is 1. The Labute approximate surface area is 142 Å². The van der Waals surface area contributed by atoms with Crippen LogP contribution in [0.2, 0.25) is 0 Å². The molecule has 1 amide bonds. The van der Waals surface area contributed by atoms with Crippen LogP contribution in [0.3, 0.4) is 0 Å². The highest BCUT2D eigenvalue weighted by molar-refractivity contribution is 5.80. The summed E-state index contributed by atoms with van der Waals surface area (Å²) in [5, 5.41) is 8.68. The number of hydrogen-bond acceptors (Lipinski definition) is 3. The van der Waals surface area contributed by atoms with Gasteiger partial charge < -0.3 is 10.0 Å². The van der Waals surface area contributed by atoms with Gasteiger partial charge in [-0.05, 0) is 24.1 Å². The average molecular weight is 326 g/mol. The third-order valence-electron chi connectivity index (χ3n) is 3.98. The first kappa shape index (κ1) is 17.7. The molecule has 5 nitrogen and oxygen atoms in total. The van der Waals surface area contributed by atoms with Gasteiger partial charge in [0.05, 0.1) is 6.42 Å². The SMILES string of the molecule is CN(CCC(c1ccccc1)c1ccccn1)C(=O)CCC(=O)O. The van der Waals surface area contributed by atoms with E-state index in [0.29, 0.717) is 6.54 Å². The number of benzene rings is 1. The van der Waals surface area contributed by atoms with Crippen molar-refractivity contribution in [1.82, 2.24) is 9.88 Å². The summed E-state index contributed by atoms with van der Waals surface area (Å²) in [6.45, 7) is 0.550. The lowest BCUT2D eigenvalue weighted by Crippen LogP contribution is -2.29. The molecule has 0 aliphatic carbocycles. The van der Waals surface area contributed by atoms with Crippen LogP contribution in [0.25, 0.3) is 0 Å². The number of carboxylic acid groups (broad SMARTS) is 1. The first-order valence-corrected chi connectivity index (χ1v) is 7.99. The van der Waals surface area contributed by atoms with Gasteiger partial charge in [-0.15, -0.1) is 0 Å². The first-order chi connectivity index (χ1) is 11.6. The number of nitrogens with zero attached hydrogens (tertiary/aromatic N) is 2.